The van der Waals surface area contributed by atoms with Crippen molar-refractivity contribution in [1.82, 2.24) is 5.32 Å². The van der Waals surface area contributed by atoms with Crippen LogP contribution in [0.2, 0.25) is 0 Å². The highest BCUT2D eigenvalue weighted by atomic mass is 32.2. The molecule has 11 nitrogen and oxygen atoms in total. The minimum Gasteiger partial charge on any atom is -0.479 e. The van der Waals surface area contributed by atoms with Gasteiger partial charge in [-0.15, -0.1) is 0 Å². The lowest BCUT2D eigenvalue weighted by Crippen LogP contribution is -2.65. The molecule has 0 spiro atoms. The molecule has 2 heterocycles. The number of urea groups is 1. The fourth-order valence-electron chi connectivity index (χ4n) is 7.50. The van der Waals surface area contributed by atoms with Crippen LogP contribution in [0, 0.1) is 5.82 Å². The number of anilines is 1. The molecule has 6 rings (SSSR count). The number of nitrogens with one attached hydrogen (secondary N) is 2. The molecule has 1 fully saturated rings. The number of aryl methyl sites for hydroxylation is 1. The number of carbonyl (C=O) groups excluding carboxylic acids is 3. The summed E-state index contributed by atoms with van der Waals surface area (Å²) in [4.78, 5) is 55.9. The largest absolute Gasteiger partial charge is 0.479 e. The van der Waals surface area contributed by atoms with Crippen molar-refractivity contribution in [3.63, 3.8) is 0 Å². The minimum atomic E-state index is -4.31. The Labute approximate surface area is 288 Å². The zero-order valence-corrected chi connectivity index (χ0v) is 27.7. The van der Waals surface area contributed by atoms with Gasteiger partial charge in [0.2, 0.25) is 0 Å². The van der Waals surface area contributed by atoms with Crippen LogP contribution in [0.25, 0.3) is 0 Å². The Morgan fingerprint density at radius 1 is 0.880 bits per heavy atom. The Kier molecular flexibility index (Phi) is 9.29. The summed E-state index contributed by atoms with van der Waals surface area (Å²) in [5.41, 5.74) is 4.42. The third-order valence-corrected chi connectivity index (χ3v) is 12.1. The van der Waals surface area contributed by atoms with Crippen LogP contribution < -0.4 is 16.4 Å². The summed E-state index contributed by atoms with van der Waals surface area (Å²) in [5.74, 6) is -4.23. The number of carbonyl (C=O) groups is 4. The lowest BCUT2D eigenvalue weighted by atomic mass is 9.84. The molecule has 5 N–H and O–H groups in total. The number of rotatable bonds is 9. The number of hydrogen-bond acceptors (Lipinski definition) is 7. The second kappa shape index (κ2) is 13.5. The number of nitrogens with two attached hydrogens (primary N) is 1. The quantitative estimate of drug-likeness (QED) is 0.186. The molecule has 258 valence electrons. The first-order valence-corrected chi connectivity index (χ1v) is 17.7. The molecule has 50 heavy (non-hydrogen) atoms. The van der Waals surface area contributed by atoms with E-state index in [1.807, 2.05) is 12.1 Å². The summed E-state index contributed by atoms with van der Waals surface area (Å²) in [6, 6.07) is 23.7. The first kappa shape index (κ1) is 34.5. The summed E-state index contributed by atoms with van der Waals surface area (Å²) in [7, 11) is -4.31. The van der Waals surface area contributed by atoms with E-state index in [9.17, 15) is 23.1 Å². The number of nitrogens with zero attached hydrogens (tertiary/aromatic N) is 1. The van der Waals surface area contributed by atoms with Crippen molar-refractivity contribution in [3.05, 3.63) is 132 Å². The second-order valence-electron chi connectivity index (χ2n) is 12.6. The van der Waals surface area contributed by atoms with Gasteiger partial charge in [-0.3, -0.25) is 0 Å². The van der Waals surface area contributed by atoms with Crippen molar-refractivity contribution in [2.24, 2.45) is 5.73 Å². The maximum Gasteiger partial charge on any atom is 0.343 e. The molecule has 5 atom stereocenters. The highest BCUT2D eigenvalue weighted by molar-refractivity contribution is 7.92. The maximum atomic E-state index is 16.0. The smallest absolute Gasteiger partial charge is 0.343 e. The minimum absolute atomic E-state index is 0.00920. The van der Waals surface area contributed by atoms with E-state index in [1.54, 1.807) is 36.4 Å². The van der Waals surface area contributed by atoms with E-state index in [0.29, 0.717) is 12.1 Å². The lowest BCUT2D eigenvalue weighted by molar-refractivity contribution is -0.798. The first-order valence-electron chi connectivity index (χ1n) is 16.1. The number of primary amides is 1. The number of halogens is 1. The van der Waals surface area contributed by atoms with Gasteiger partial charge in [-0.1, -0.05) is 84.9 Å². The van der Waals surface area contributed by atoms with Crippen LogP contribution >= 0.6 is 0 Å². The number of aliphatic carboxylic acids is 1. The van der Waals surface area contributed by atoms with Crippen molar-refractivity contribution >= 4 is 39.3 Å². The number of likely N-dealkylation sites (tertiary alicyclic amines) is 1. The van der Waals surface area contributed by atoms with E-state index in [0.717, 1.165) is 11.6 Å². The zero-order chi connectivity index (χ0) is 35.7. The number of carboxylic acids is 1. The zero-order valence-electron chi connectivity index (χ0n) is 26.9. The van der Waals surface area contributed by atoms with Gasteiger partial charge in [0.15, 0.2) is 15.4 Å². The van der Waals surface area contributed by atoms with Crippen LogP contribution in [0.4, 0.5) is 14.9 Å². The molecule has 0 bridgehead atoms. The number of imide groups is 1. The van der Waals surface area contributed by atoms with Gasteiger partial charge in [-0.05, 0) is 48.2 Å². The van der Waals surface area contributed by atoms with E-state index in [-0.39, 0.29) is 35.4 Å². The van der Waals surface area contributed by atoms with Crippen LogP contribution in [0.15, 0.2) is 114 Å². The standard InChI is InChI=1S/C37H35FN4O7S/c38-28-17-9-8-16-27(28)33-31(50(48,49)26-14-5-2-6-15-26)21-22-42(33,34(44)30-20-19-24-11-7-10-18-29(24)40-30)32(43)23-37(35(45)46,41-36(39)47)25-12-3-1-4-13-25/h1-18,30-31,33,40H,19-23H2,(H3-,39,41,45,46,47)/p+1. The Bertz CT molecular complexity index is 2060. The van der Waals surface area contributed by atoms with E-state index in [2.05, 4.69) is 10.6 Å². The van der Waals surface area contributed by atoms with Gasteiger partial charge in [-0.25, -0.2) is 32.0 Å². The van der Waals surface area contributed by atoms with Gasteiger partial charge in [0.1, 0.15) is 29.6 Å². The SMILES string of the molecule is NC(=O)NC(CC(=O)[N+]1(C(=O)C2CCc3ccccc3N2)CCC(S(=O)(=O)c2ccccc2)C1c1ccccc1F)(C(=O)O)c1ccccc1. The van der Waals surface area contributed by atoms with Crippen LogP contribution in [0.5, 0.6) is 0 Å². The summed E-state index contributed by atoms with van der Waals surface area (Å²) in [6.45, 7) is -0.381. The van der Waals surface area contributed by atoms with Crippen LogP contribution in [-0.4, -0.2) is 59.7 Å². The Hall–Kier alpha value is -5.40. The molecular formula is C37H36FN4O7S+. The summed E-state index contributed by atoms with van der Waals surface area (Å²) in [6.07, 6.45) is -0.555. The molecule has 4 aromatic rings. The number of fused-ring (bicyclic) bond motifs is 1. The molecule has 1 saturated heterocycles. The molecule has 2 aliphatic heterocycles. The van der Waals surface area contributed by atoms with Crippen molar-refractivity contribution in [2.45, 2.75) is 53.5 Å². The fraction of sp³-hybridized carbons (Fsp3) is 0.243. The lowest BCUT2D eigenvalue weighted by Gasteiger charge is -2.41. The average molecular weight is 700 g/mol. The van der Waals surface area contributed by atoms with Gasteiger partial charge < -0.3 is 21.5 Å². The number of sulfone groups is 1. The number of hydrogen-bond donors (Lipinski definition) is 4. The van der Waals surface area contributed by atoms with Gasteiger partial charge in [0, 0.05) is 17.7 Å². The molecule has 0 aliphatic carbocycles. The van der Waals surface area contributed by atoms with Crippen molar-refractivity contribution < 1.29 is 41.6 Å². The van der Waals surface area contributed by atoms with Gasteiger partial charge in [-0.2, -0.15) is 4.48 Å². The van der Waals surface area contributed by atoms with Crippen molar-refractivity contribution in [3.8, 4) is 0 Å². The summed E-state index contributed by atoms with van der Waals surface area (Å²) >= 11 is 0. The van der Waals surface area contributed by atoms with Gasteiger partial charge in [0.25, 0.3) is 0 Å². The van der Waals surface area contributed by atoms with E-state index in [4.69, 9.17) is 5.73 Å². The molecular weight excluding hydrogens is 663 g/mol. The molecule has 4 aromatic carbocycles. The molecule has 4 amide bonds. The average Bonchev–Trinajstić information content (AvgIpc) is 3.54. The third-order valence-electron chi connectivity index (χ3n) is 9.86. The number of benzene rings is 4. The molecule has 0 saturated carbocycles. The first-order chi connectivity index (χ1) is 23.9. The van der Waals surface area contributed by atoms with E-state index >= 15 is 14.0 Å². The monoisotopic (exact) mass is 699 g/mol. The van der Waals surface area contributed by atoms with Crippen LogP contribution in [-0.2, 0) is 36.2 Å². The van der Waals surface area contributed by atoms with E-state index < -0.39 is 73.2 Å². The number of carboxylic acid groups (broad SMARTS) is 1. The summed E-state index contributed by atoms with van der Waals surface area (Å²) < 4.78 is 43.6. The number of quaternary nitrogens is 1. The molecule has 0 aromatic heterocycles. The second-order valence-corrected chi connectivity index (χ2v) is 14.8. The Morgan fingerprint density at radius 2 is 1.50 bits per heavy atom. The third kappa shape index (κ3) is 5.92. The van der Waals surface area contributed by atoms with Crippen LogP contribution in [0.3, 0.4) is 0 Å². The predicted molar refractivity (Wildman–Crippen MR) is 182 cm³/mol. The Balaban J connectivity index is 1.58. The van der Waals surface area contributed by atoms with E-state index in [1.165, 1.54) is 54.6 Å². The van der Waals surface area contributed by atoms with Crippen LogP contribution in [0.1, 0.15) is 42.0 Å². The topological polar surface area (TPSA) is 173 Å². The normalized spacial score (nSPS) is 22.7. The molecule has 0 radical (unpaired) electrons. The summed E-state index contributed by atoms with van der Waals surface area (Å²) in [5, 5.41) is 14.6. The number of amides is 4. The Morgan fingerprint density at radius 3 is 2.16 bits per heavy atom. The maximum absolute atomic E-state index is 16.0. The number of para-hydroxylation sites is 1. The molecule has 2 aliphatic rings. The molecule has 5 unspecified atom stereocenters. The highest BCUT2D eigenvalue weighted by Gasteiger charge is 2.65. The highest BCUT2D eigenvalue weighted by Crippen LogP contribution is 2.48. The molecule has 13 heteroatoms. The predicted octanol–water partition coefficient (Wildman–Crippen LogP) is 4.45. The van der Waals surface area contributed by atoms with Crippen molar-refractivity contribution in [1.29, 1.82) is 0 Å². The van der Waals surface area contributed by atoms with Gasteiger partial charge in [0.05, 0.1) is 11.4 Å². The van der Waals surface area contributed by atoms with Gasteiger partial charge >= 0.3 is 23.8 Å². The van der Waals surface area contributed by atoms with Crippen molar-refractivity contribution in [2.75, 3.05) is 11.9 Å². The fourth-order valence-corrected chi connectivity index (χ4v) is 9.49.